The zero-order valence-electron chi connectivity index (χ0n) is 14.6. The first-order valence-corrected chi connectivity index (χ1v) is 8.34. The van der Waals surface area contributed by atoms with E-state index in [4.69, 9.17) is 9.15 Å². The summed E-state index contributed by atoms with van der Waals surface area (Å²) in [7, 11) is 0. The van der Waals surface area contributed by atoms with Gasteiger partial charge in [0.2, 0.25) is 5.78 Å². The van der Waals surface area contributed by atoms with Gasteiger partial charge in [-0.3, -0.25) is 14.6 Å². The second-order valence-corrected chi connectivity index (χ2v) is 6.18. The number of furan rings is 1. The third kappa shape index (κ3) is 3.39. The Morgan fingerprint density at radius 3 is 2.81 bits per heavy atom. The Hall–Kier alpha value is -2.93. The first kappa shape index (κ1) is 17.9. The minimum absolute atomic E-state index is 0.00956. The number of carbonyl (C=O) groups excluding carboxylic acids is 2. The average Bonchev–Trinajstić information content (AvgIpc) is 3.24. The lowest BCUT2D eigenvalue weighted by Crippen LogP contribution is -2.34. The van der Waals surface area contributed by atoms with E-state index in [9.17, 15) is 14.7 Å². The zero-order chi connectivity index (χ0) is 18.7. The molecule has 0 saturated heterocycles. The summed E-state index contributed by atoms with van der Waals surface area (Å²) >= 11 is 0. The first-order chi connectivity index (χ1) is 12.5. The monoisotopic (exact) mass is 356 g/mol. The number of ketones is 1. The predicted molar refractivity (Wildman–Crippen MR) is 92.5 cm³/mol. The Morgan fingerprint density at radius 1 is 1.38 bits per heavy atom. The number of nitrogens with zero attached hydrogens (tertiary/aromatic N) is 2. The first-order valence-electron chi connectivity index (χ1n) is 8.34. The highest BCUT2D eigenvalue weighted by atomic mass is 16.5. The molecule has 1 amide bonds. The van der Waals surface area contributed by atoms with Crippen LogP contribution < -0.4 is 0 Å². The van der Waals surface area contributed by atoms with E-state index in [0.29, 0.717) is 5.56 Å². The molecule has 0 spiro atoms. The van der Waals surface area contributed by atoms with Crippen molar-refractivity contribution in [2.24, 2.45) is 0 Å². The number of pyridine rings is 1. The number of hydrogen-bond donors (Lipinski definition) is 1. The molecule has 1 unspecified atom stereocenters. The predicted octanol–water partition coefficient (Wildman–Crippen LogP) is 2.68. The van der Waals surface area contributed by atoms with Gasteiger partial charge >= 0.3 is 0 Å². The van der Waals surface area contributed by atoms with E-state index in [0.717, 1.165) is 0 Å². The molecule has 26 heavy (non-hydrogen) atoms. The summed E-state index contributed by atoms with van der Waals surface area (Å²) in [6, 6.07) is 5.80. The van der Waals surface area contributed by atoms with Gasteiger partial charge in [-0.05, 0) is 37.6 Å². The van der Waals surface area contributed by atoms with Crippen LogP contribution in [0.2, 0.25) is 0 Å². The van der Waals surface area contributed by atoms with Gasteiger partial charge in [0.05, 0.1) is 30.6 Å². The van der Waals surface area contributed by atoms with Crippen molar-refractivity contribution in [2.45, 2.75) is 26.0 Å². The fourth-order valence-electron chi connectivity index (χ4n) is 2.93. The van der Waals surface area contributed by atoms with Crippen molar-refractivity contribution in [2.75, 3.05) is 13.2 Å². The van der Waals surface area contributed by atoms with Crippen LogP contribution in [0.5, 0.6) is 0 Å². The van der Waals surface area contributed by atoms with Crippen molar-refractivity contribution in [3.05, 3.63) is 65.6 Å². The quantitative estimate of drug-likeness (QED) is 0.767. The Kier molecular flexibility index (Phi) is 5.18. The SMILES string of the molecule is CC(C)OCCN1C(=O)C(O)=C(C(=O)c2ccco2)C1c1cccnc1. The normalized spacial score (nSPS) is 17.4. The van der Waals surface area contributed by atoms with Crippen LogP contribution in [0.4, 0.5) is 0 Å². The van der Waals surface area contributed by atoms with Gasteiger partial charge in [-0.25, -0.2) is 0 Å². The van der Waals surface area contributed by atoms with Gasteiger partial charge in [0.1, 0.15) is 0 Å². The number of aliphatic hydroxyl groups is 1. The molecule has 3 heterocycles. The molecule has 1 aliphatic heterocycles. The molecule has 0 saturated carbocycles. The van der Waals surface area contributed by atoms with E-state index < -0.39 is 23.5 Å². The number of ether oxygens (including phenoxy) is 1. The molecule has 2 aromatic rings. The maximum atomic E-state index is 12.8. The van der Waals surface area contributed by atoms with Gasteiger partial charge < -0.3 is 19.2 Å². The van der Waals surface area contributed by atoms with E-state index >= 15 is 0 Å². The van der Waals surface area contributed by atoms with Gasteiger partial charge in [-0.1, -0.05) is 6.07 Å². The van der Waals surface area contributed by atoms with Crippen LogP contribution in [0.3, 0.4) is 0 Å². The zero-order valence-corrected chi connectivity index (χ0v) is 14.6. The topological polar surface area (TPSA) is 92.9 Å². The Morgan fingerprint density at radius 2 is 2.19 bits per heavy atom. The van der Waals surface area contributed by atoms with Crippen molar-refractivity contribution >= 4 is 11.7 Å². The second-order valence-electron chi connectivity index (χ2n) is 6.18. The molecule has 3 rings (SSSR count). The Balaban J connectivity index is 1.97. The lowest BCUT2D eigenvalue weighted by atomic mass is 9.96. The van der Waals surface area contributed by atoms with Gasteiger partial charge in [0.25, 0.3) is 5.91 Å². The standard InChI is InChI=1S/C19H20N2O5/c1-12(2)25-10-8-21-16(13-5-3-7-20-11-13)15(18(23)19(21)24)17(22)14-6-4-9-26-14/h3-7,9,11-12,16,23H,8,10H2,1-2H3. The van der Waals surface area contributed by atoms with Gasteiger partial charge in [-0.15, -0.1) is 0 Å². The molecule has 1 aliphatic rings. The van der Waals surface area contributed by atoms with Crippen molar-refractivity contribution in [1.82, 2.24) is 9.88 Å². The molecule has 0 aromatic carbocycles. The third-order valence-corrected chi connectivity index (χ3v) is 4.08. The lowest BCUT2D eigenvalue weighted by molar-refractivity contribution is -0.130. The smallest absolute Gasteiger partial charge is 0.290 e. The molecule has 0 aliphatic carbocycles. The molecule has 0 radical (unpaired) electrons. The fraction of sp³-hybridized carbons (Fsp3) is 0.316. The van der Waals surface area contributed by atoms with Gasteiger partial charge in [0, 0.05) is 18.9 Å². The number of aliphatic hydroxyl groups excluding tert-OH is 1. The van der Waals surface area contributed by atoms with Gasteiger partial charge in [0.15, 0.2) is 11.5 Å². The van der Waals surface area contributed by atoms with Crippen molar-refractivity contribution in [1.29, 1.82) is 0 Å². The average molecular weight is 356 g/mol. The molecule has 1 atom stereocenters. The van der Waals surface area contributed by atoms with Crippen LogP contribution in [0.15, 0.2) is 58.7 Å². The highest BCUT2D eigenvalue weighted by Crippen LogP contribution is 2.38. The third-order valence-electron chi connectivity index (χ3n) is 4.08. The number of rotatable bonds is 7. The maximum Gasteiger partial charge on any atom is 0.290 e. The van der Waals surface area contributed by atoms with E-state index in [-0.39, 0.29) is 30.6 Å². The van der Waals surface area contributed by atoms with E-state index in [1.165, 1.54) is 17.2 Å². The summed E-state index contributed by atoms with van der Waals surface area (Å²) in [5.41, 5.74) is 0.617. The van der Waals surface area contributed by atoms with Crippen LogP contribution in [-0.4, -0.2) is 45.9 Å². The number of carbonyl (C=O) groups is 2. The van der Waals surface area contributed by atoms with E-state index in [1.807, 2.05) is 13.8 Å². The molecule has 7 heteroatoms. The molecule has 2 aromatic heterocycles. The molecular formula is C19H20N2O5. The Bertz CT molecular complexity index is 812. The van der Waals surface area contributed by atoms with Crippen LogP contribution in [0.25, 0.3) is 0 Å². The van der Waals surface area contributed by atoms with Crippen LogP contribution in [-0.2, 0) is 9.53 Å². The number of aromatic nitrogens is 1. The van der Waals surface area contributed by atoms with Crippen molar-refractivity contribution < 1.29 is 23.8 Å². The molecule has 136 valence electrons. The highest BCUT2D eigenvalue weighted by molar-refractivity contribution is 6.14. The minimum atomic E-state index is -0.746. The van der Waals surface area contributed by atoms with E-state index in [1.54, 1.807) is 30.6 Å². The van der Waals surface area contributed by atoms with Crippen LogP contribution >= 0.6 is 0 Å². The lowest BCUT2D eigenvalue weighted by Gasteiger charge is -2.26. The summed E-state index contributed by atoms with van der Waals surface area (Å²) in [6.07, 6.45) is 4.55. The second kappa shape index (κ2) is 7.53. The van der Waals surface area contributed by atoms with Crippen molar-refractivity contribution in [3.8, 4) is 0 Å². The fourth-order valence-corrected chi connectivity index (χ4v) is 2.93. The Labute approximate surface area is 150 Å². The summed E-state index contributed by atoms with van der Waals surface area (Å²) in [4.78, 5) is 30.9. The summed E-state index contributed by atoms with van der Waals surface area (Å²) in [5, 5.41) is 10.4. The van der Waals surface area contributed by atoms with Gasteiger partial charge in [-0.2, -0.15) is 0 Å². The maximum absolute atomic E-state index is 12.8. The minimum Gasteiger partial charge on any atom is -0.503 e. The molecule has 7 nitrogen and oxygen atoms in total. The summed E-state index contributed by atoms with van der Waals surface area (Å²) in [5.74, 6) is -1.64. The molecule has 0 bridgehead atoms. The molecular weight excluding hydrogens is 336 g/mol. The van der Waals surface area contributed by atoms with Crippen LogP contribution in [0, 0.1) is 0 Å². The van der Waals surface area contributed by atoms with E-state index in [2.05, 4.69) is 4.98 Å². The number of Topliss-reactive ketones (excluding diaryl/α,β-unsaturated/α-hetero) is 1. The molecule has 0 fully saturated rings. The number of hydrogen-bond acceptors (Lipinski definition) is 6. The highest BCUT2D eigenvalue weighted by Gasteiger charge is 2.44. The summed E-state index contributed by atoms with van der Waals surface area (Å²) < 4.78 is 10.7. The summed E-state index contributed by atoms with van der Waals surface area (Å²) in [6.45, 7) is 4.31. The van der Waals surface area contributed by atoms with Crippen molar-refractivity contribution in [3.63, 3.8) is 0 Å². The largest absolute Gasteiger partial charge is 0.503 e. The molecule has 1 N–H and O–H groups in total. The van der Waals surface area contributed by atoms with Crippen LogP contribution in [0.1, 0.15) is 36.0 Å². The number of amides is 1.